The fourth-order valence-electron chi connectivity index (χ4n) is 1.33. The first-order valence-corrected chi connectivity index (χ1v) is 5.61. The van der Waals surface area contributed by atoms with Crippen LogP contribution in [0.25, 0.3) is 0 Å². The maximum Gasteiger partial charge on any atom is 0.0704 e. The molecule has 0 aromatic carbocycles. The summed E-state index contributed by atoms with van der Waals surface area (Å²) in [6.45, 7) is 7.82. The summed E-state index contributed by atoms with van der Waals surface area (Å²) >= 11 is 0. The van der Waals surface area contributed by atoms with Crippen molar-refractivity contribution in [3.8, 4) is 0 Å². The number of nitrogens with two attached hydrogens (primary N) is 1. The standard InChI is InChI=1S/C11H25NO3/c1-4-5-14-6-7-15-10(2)8-11(3,12)9-13/h10,13H,4-9,12H2,1-3H3. The Morgan fingerprint density at radius 2 is 2.00 bits per heavy atom. The van der Waals surface area contributed by atoms with Crippen LogP contribution in [0.1, 0.15) is 33.6 Å². The Balaban J connectivity index is 3.45. The van der Waals surface area contributed by atoms with E-state index in [9.17, 15) is 0 Å². The van der Waals surface area contributed by atoms with Gasteiger partial charge in [0.2, 0.25) is 0 Å². The second-order valence-electron chi connectivity index (χ2n) is 4.31. The Morgan fingerprint density at radius 3 is 2.53 bits per heavy atom. The molecule has 0 aliphatic carbocycles. The van der Waals surface area contributed by atoms with Crippen LogP contribution in [-0.4, -0.2) is 43.2 Å². The van der Waals surface area contributed by atoms with Gasteiger partial charge in [0, 0.05) is 12.1 Å². The van der Waals surface area contributed by atoms with E-state index in [1.807, 2.05) is 13.8 Å². The predicted octanol–water partition coefficient (Wildman–Crippen LogP) is 0.918. The van der Waals surface area contributed by atoms with Crippen LogP contribution >= 0.6 is 0 Å². The molecule has 3 N–H and O–H groups in total. The molecule has 0 saturated carbocycles. The molecule has 2 atom stereocenters. The van der Waals surface area contributed by atoms with Crippen molar-refractivity contribution in [2.24, 2.45) is 5.73 Å². The van der Waals surface area contributed by atoms with E-state index >= 15 is 0 Å². The van der Waals surface area contributed by atoms with Crippen LogP contribution in [-0.2, 0) is 9.47 Å². The van der Waals surface area contributed by atoms with Crippen LogP contribution in [0, 0.1) is 0 Å². The van der Waals surface area contributed by atoms with E-state index in [0.717, 1.165) is 13.0 Å². The molecule has 0 aliphatic rings. The Labute approximate surface area is 92.7 Å². The number of aliphatic hydroxyl groups excluding tert-OH is 1. The van der Waals surface area contributed by atoms with Gasteiger partial charge in [0.1, 0.15) is 0 Å². The highest BCUT2D eigenvalue weighted by Crippen LogP contribution is 2.10. The summed E-state index contributed by atoms with van der Waals surface area (Å²) in [5.74, 6) is 0. The summed E-state index contributed by atoms with van der Waals surface area (Å²) in [5, 5.41) is 8.98. The molecule has 0 rings (SSSR count). The first kappa shape index (κ1) is 14.8. The molecule has 0 aromatic heterocycles. The van der Waals surface area contributed by atoms with Gasteiger partial charge in [0.05, 0.1) is 25.9 Å². The molecule has 4 nitrogen and oxygen atoms in total. The summed E-state index contributed by atoms with van der Waals surface area (Å²) in [4.78, 5) is 0. The minimum Gasteiger partial charge on any atom is -0.394 e. The zero-order chi connectivity index (χ0) is 11.7. The van der Waals surface area contributed by atoms with Gasteiger partial charge in [-0.15, -0.1) is 0 Å². The Kier molecular flexibility index (Phi) is 7.96. The number of hydrogen-bond donors (Lipinski definition) is 2. The quantitative estimate of drug-likeness (QED) is 0.566. The van der Waals surface area contributed by atoms with E-state index in [4.69, 9.17) is 20.3 Å². The molecule has 15 heavy (non-hydrogen) atoms. The van der Waals surface area contributed by atoms with Gasteiger partial charge in [-0.1, -0.05) is 6.92 Å². The molecule has 0 aromatic rings. The number of hydrogen-bond acceptors (Lipinski definition) is 4. The molecule has 92 valence electrons. The van der Waals surface area contributed by atoms with Crippen LogP contribution in [0.3, 0.4) is 0 Å². The van der Waals surface area contributed by atoms with Gasteiger partial charge in [0.15, 0.2) is 0 Å². The highest BCUT2D eigenvalue weighted by atomic mass is 16.5. The van der Waals surface area contributed by atoms with Crippen LogP contribution in [0.15, 0.2) is 0 Å². The molecule has 0 heterocycles. The summed E-state index contributed by atoms with van der Waals surface area (Å²) in [7, 11) is 0. The summed E-state index contributed by atoms with van der Waals surface area (Å²) in [6, 6.07) is 0. The van der Waals surface area contributed by atoms with Crippen molar-refractivity contribution in [2.45, 2.75) is 45.3 Å². The van der Waals surface area contributed by atoms with Crippen LogP contribution in [0.4, 0.5) is 0 Å². The third-order valence-corrected chi connectivity index (χ3v) is 2.09. The number of ether oxygens (including phenoxy) is 2. The van der Waals surface area contributed by atoms with E-state index < -0.39 is 5.54 Å². The molecular formula is C11H25NO3. The van der Waals surface area contributed by atoms with Gasteiger partial charge in [-0.05, 0) is 26.7 Å². The minimum atomic E-state index is -0.552. The van der Waals surface area contributed by atoms with E-state index in [1.54, 1.807) is 0 Å². The second kappa shape index (κ2) is 8.05. The minimum absolute atomic E-state index is 0.0208. The fourth-order valence-corrected chi connectivity index (χ4v) is 1.33. The largest absolute Gasteiger partial charge is 0.394 e. The van der Waals surface area contributed by atoms with Crippen LogP contribution < -0.4 is 5.73 Å². The lowest BCUT2D eigenvalue weighted by Gasteiger charge is -2.25. The molecule has 2 unspecified atom stereocenters. The molecule has 0 bridgehead atoms. The lowest BCUT2D eigenvalue weighted by atomic mass is 9.97. The smallest absolute Gasteiger partial charge is 0.0704 e. The monoisotopic (exact) mass is 219 g/mol. The van der Waals surface area contributed by atoms with E-state index in [2.05, 4.69) is 6.92 Å². The maximum atomic E-state index is 8.98. The Hall–Kier alpha value is -0.160. The van der Waals surface area contributed by atoms with Gasteiger partial charge in [-0.2, -0.15) is 0 Å². The van der Waals surface area contributed by atoms with Gasteiger partial charge in [-0.3, -0.25) is 0 Å². The van der Waals surface area contributed by atoms with Gasteiger partial charge in [0.25, 0.3) is 0 Å². The molecule has 0 saturated heterocycles. The average Bonchev–Trinajstić information content (AvgIpc) is 2.17. The average molecular weight is 219 g/mol. The lowest BCUT2D eigenvalue weighted by Crippen LogP contribution is -2.43. The zero-order valence-electron chi connectivity index (χ0n) is 10.2. The molecule has 0 spiro atoms. The van der Waals surface area contributed by atoms with Crippen molar-refractivity contribution >= 4 is 0 Å². The maximum absolute atomic E-state index is 8.98. The predicted molar refractivity (Wildman–Crippen MR) is 60.8 cm³/mol. The summed E-state index contributed by atoms with van der Waals surface area (Å²) < 4.78 is 10.8. The second-order valence-corrected chi connectivity index (χ2v) is 4.31. The number of rotatable bonds is 9. The Bertz CT molecular complexity index is 151. The van der Waals surface area contributed by atoms with Crippen molar-refractivity contribution in [2.75, 3.05) is 26.4 Å². The van der Waals surface area contributed by atoms with E-state index in [-0.39, 0.29) is 12.7 Å². The van der Waals surface area contributed by atoms with Crippen LogP contribution in [0.5, 0.6) is 0 Å². The van der Waals surface area contributed by atoms with Crippen molar-refractivity contribution < 1.29 is 14.6 Å². The van der Waals surface area contributed by atoms with E-state index in [1.165, 1.54) is 0 Å². The highest BCUT2D eigenvalue weighted by molar-refractivity contribution is 4.79. The highest BCUT2D eigenvalue weighted by Gasteiger charge is 2.20. The molecule has 0 aliphatic heterocycles. The van der Waals surface area contributed by atoms with Gasteiger partial charge >= 0.3 is 0 Å². The molecule has 0 amide bonds. The topological polar surface area (TPSA) is 64.7 Å². The number of aliphatic hydroxyl groups is 1. The first-order chi connectivity index (χ1) is 7.02. The van der Waals surface area contributed by atoms with Gasteiger partial charge in [-0.25, -0.2) is 0 Å². The van der Waals surface area contributed by atoms with Crippen LogP contribution in [0.2, 0.25) is 0 Å². The normalized spacial score (nSPS) is 17.4. The van der Waals surface area contributed by atoms with Crippen molar-refractivity contribution in [1.82, 2.24) is 0 Å². The SMILES string of the molecule is CCCOCCOC(C)CC(C)(N)CO. The molecule has 0 fully saturated rings. The van der Waals surface area contributed by atoms with Crippen molar-refractivity contribution in [3.63, 3.8) is 0 Å². The van der Waals surface area contributed by atoms with Gasteiger partial charge < -0.3 is 20.3 Å². The zero-order valence-corrected chi connectivity index (χ0v) is 10.2. The first-order valence-electron chi connectivity index (χ1n) is 5.61. The molecule has 4 heteroatoms. The fraction of sp³-hybridized carbons (Fsp3) is 1.00. The third-order valence-electron chi connectivity index (χ3n) is 2.09. The molecule has 0 radical (unpaired) electrons. The Morgan fingerprint density at radius 1 is 1.33 bits per heavy atom. The summed E-state index contributed by atoms with van der Waals surface area (Å²) in [5.41, 5.74) is 5.26. The van der Waals surface area contributed by atoms with Crippen molar-refractivity contribution in [1.29, 1.82) is 0 Å². The van der Waals surface area contributed by atoms with Crippen molar-refractivity contribution in [3.05, 3.63) is 0 Å². The molecular weight excluding hydrogens is 194 g/mol. The van der Waals surface area contributed by atoms with E-state index in [0.29, 0.717) is 19.6 Å². The third kappa shape index (κ3) is 8.81. The lowest BCUT2D eigenvalue weighted by molar-refractivity contribution is -0.00256. The summed E-state index contributed by atoms with van der Waals surface area (Å²) in [6.07, 6.45) is 1.73.